The van der Waals surface area contributed by atoms with Gasteiger partial charge in [-0.15, -0.1) is 0 Å². The molecule has 3 heterocycles. The molecular weight excluding hydrogens is 306 g/mol. The van der Waals surface area contributed by atoms with Crippen molar-refractivity contribution in [2.75, 3.05) is 6.61 Å². The third-order valence-corrected chi connectivity index (χ3v) is 4.91. The summed E-state index contributed by atoms with van der Waals surface area (Å²) in [6.45, 7) is 3.90. The Kier molecular flexibility index (Phi) is 3.20. The van der Waals surface area contributed by atoms with E-state index in [1.807, 2.05) is 26.1 Å². The normalized spacial score (nSPS) is 33.5. The topological polar surface area (TPSA) is 69.4 Å². The summed E-state index contributed by atoms with van der Waals surface area (Å²) < 4.78 is 14.1. The van der Waals surface area contributed by atoms with Crippen molar-refractivity contribution in [1.82, 2.24) is 14.5 Å². The van der Waals surface area contributed by atoms with E-state index in [1.54, 1.807) is 0 Å². The first-order valence-corrected chi connectivity index (χ1v) is 7.81. The van der Waals surface area contributed by atoms with Gasteiger partial charge in [0.2, 0.25) is 0 Å². The summed E-state index contributed by atoms with van der Waals surface area (Å²) >= 11 is 6.13. The summed E-state index contributed by atoms with van der Waals surface area (Å²) in [5, 5.41) is 10.9. The van der Waals surface area contributed by atoms with E-state index in [9.17, 15) is 5.11 Å². The Morgan fingerprint density at radius 2 is 2.14 bits per heavy atom. The fourth-order valence-electron chi connectivity index (χ4n) is 3.72. The lowest BCUT2D eigenvalue weighted by Crippen LogP contribution is -2.27. The third kappa shape index (κ3) is 2.06. The van der Waals surface area contributed by atoms with Gasteiger partial charge >= 0.3 is 0 Å². The highest BCUT2D eigenvalue weighted by Gasteiger charge is 2.54. The first-order chi connectivity index (χ1) is 10.5. The molecule has 22 heavy (non-hydrogen) atoms. The first-order valence-electron chi connectivity index (χ1n) is 7.44. The number of aliphatic hydroxyl groups is 1. The lowest BCUT2D eigenvalue weighted by molar-refractivity contribution is -0.161. The average molecular weight is 324 g/mol. The highest BCUT2D eigenvalue weighted by Crippen LogP contribution is 2.47. The van der Waals surface area contributed by atoms with Crippen molar-refractivity contribution < 1.29 is 14.6 Å². The van der Waals surface area contributed by atoms with Gasteiger partial charge in [-0.2, -0.15) is 0 Å². The van der Waals surface area contributed by atoms with E-state index in [1.165, 1.54) is 6.33 Å². The number of fused-ring (bicyclic) bond motifs is 2. The highest BCUT2D eigenvalue weighted by atomic mass is 35.5. The molecule has 2 aliphatic rings. The van der Waals surface area contributed by atoms with E-state index in [0.29, 0.717) is 5.15 Å². The number of halogens is 1. The number of aromatic nitrogens is 3. The zero-order chi connectivity index (χ0) is 15.5. The molecule has 0 radical (unpaired) electrons. The van der Waals surface area contributed by atoms with Gasteiger partial charge in [0.05, 0.1) is 17.5 Å². The second-order valence-corrected chi connectivity index (χ2v) is 6.79. The minimum atomic E-state index is -0.628. The fraction of sp³-hybridized carbons (Fsp3) is 0.600. The Morgan fingerprint density at radius 3 is 2.91 bits per heavy atom. The Morgan fingerprint density at radius 1 is 1.36 bits per heavy atom. The maximum atomic E-state index is 9.66. The molecule has 118 valence electrons. The molecule has 2 fully saturated rings. The van der Waals surface area contributed by atoms with Crippen molar-refractivity contribution in [1.29, 1.82) is 0 Å². The second-order valence-electron chi connectivity index (χ2n) is 6.44. The van der Waals surface area contributed by atoms with E-state index < -0.39 is 5.79 Å². The van der Waals surface area contributed by atoms with Crippen LogP contribution in [0.25, 0.3) is 11.0 Å². The average Bonchev–Trinajstić information content (AvgIpc) is 3.10. The van der Waals surface area contributed by atoms with Gasteiger partial charge in [0, 0.05) is 18.7 Å². The minimum Gasteiger partial charge on any atom is -0.396 e. The van der Waals surface area contributed by atoms with Crippen molar-refractivity contribution in [3.8, 4) is 0 Å². The van der Waals surface area contributed by atoms with Crippen LogP contribution in [0.4, 0.5) is 0 Å². The molecule has 2 aromatic rings. The SMILES string of the molecule is CC1(C)O[C@@H]2[C@@H](O1)[C@H](CO)C[C@H]2n1ccc2c(Cl)ncnc21. The monoisotopic (exact) mass is 323 g/mol. The predicted octanol–water partition coefficient (Wildman–Crippen LogP) is 2.16. The predicted molar refractivity (Wildman–Crippen MR) is 80.6 cm³/mol. The summed E-state index contributed by atoms with van der Waals surface area (Å²) in [6, 6.07) is 1.98. The number of hydrogen-bond acceptors (Lipinski definition) is 5. The molecule has 4 rings (SSSR count). The summed E-state index contributed by atoms with van der Waals surface area (Å²) in [7, 11) is 0. The molecule has 0 bridgehead atoms. The molecule has 0 spiro atoms. The molecule has 6 nitrogen and oxygen atoms in total. The van der Waals surface area contributed by atoms with Crippen LogP contribution in [0, 0.1) is 5.92 Å². The zero-order valence-electron chi connectivity index (χ0n) is 12.4. The number of rotatable bonds is 2. The van der Waals surface area contributed by atoms with E-state index >= 15 is 0 Å². The van der Waals surface area contributed by atoms with Crippen molar-refractivity contribution in [2.45, 2.75) is 44.3 Å². The van der Waals surface area contributed by atoms with Crippen LogP contribution >= 0.6 is 11.6 Å². The van der Waals surface area contributed by atoms with Crippen LogP contribution in [0.3, 0.4) is 0 Å². The second kappa shape index (κ2) is 4.89. The molecule has 1 N–H and O–H groups in total. The largest absolute Gasteiger partial charge is 0.396 e. The van der Waals surface area contributed by atoms with E-state index in [4.69, 9.17) is 21.1 Å². The maximum absolute atomic E-state index is 9.66. The van der Waals surface area contributed by atoms with Crippen LogP contribution in [0.5, 0.6) is 0 Å². The fourth-order valence-corrected chi connectivity index (χ4v) is 3.91. The Labute approximate surface area is 133 Å². The van der Waals surface area contributed by atoms with E-state index in [0.717, 1.165) is 17.5 Å². The summed E-state index contributed by atoms with van der Waals surface area (Å²) in [5.74, 6) is -0.566. The molecular formula is C15H18ClN3O3. The number of nitrogens with zero attached hydrogens (tertiary/aromatic N) is 3. The summed E-state index contributed by atoms with van der Waals surface area (Å²) in [4.78, 5) is 8.37. The van der Waals surface area contributed by atoms with Crippen LogP contribution in [-0.2, 0) is 9.47 Å². The molecule has 0 aromatic carbocycles. The van der Waals surface area contributed by atoms with Gasteiger partial charge in [-0.25, -0.2) is 9.97 Å². The van der Waals surface area contributed by atoms with Crippen molar-refractivity contribution in [3.63, 3.8) is 0 Å². The number of hydrogen-bond donors (Lipinski definition) is 1. The smallest absolute Gasteiger partial charge is 0.163 e. The molecule has 0 unspecified atom stereocenters. The molecule has 4 atom stereocenters. The lowest BCUT2D eigenvalue weighted by atomic mass is 10.1. The van der Waals surface area contributed by atoms with Gasteiger partial charge in [0.1, 0.15) is 23.2 Å². The van der Waals surface area contributed by atoms with Gasteiger partial charge in [-0.1, -0.05) is 11.6 Å². The van der Waals surface area contributed by atoms with Crippen molar-refractivity contribution in [3.05, 3.63) is 23.7 Å². The van der Waals surface area contributed by atoms with Crippen LogP contribution < -0.4 is 0 Å². The van der Waals surface area contributed by atoms with Crippen LogP contribution in [0.2, 0.25) is 5.15 Å². The van der Waals surface area contributed by atoms with Crippen molar-refractivity contribution >= 4 is 22.6 Å². The van der Waals surface area contributed by atoms with Crippen LogP contribution in [0.15, 0.2) is 18.6 Å². The molecule has 7 heteroatoms. The number of aliphatic hydroxyl groups excluding tert-OH is 1. The summed E-state index contributed by atoms with van der Waals surface area (Å²) in [5.41, 5.74) is 0.788. The molecule has 1 aliphatic heterocycles. The standard InChI is InChI=1S/C15H18ClN3O3/c1-15(2)21-11-8(6-20)5-10(12(11)22-15)19-4-3-9-13(16)17-7-18-14(9)19/h3-4,7-8,10-12,20H,5-6H2,1-2H3/t8-,10+,11-,12-/m0/s1. The zero-order valence-corrected chi connectivity index (χ0v) is 13.2. The van der Waals surface area contributed by atoms with Crippen LogP contribution in [-0.4, -0.2) is 44.2 Å². The van der Waals surface area contributed by atoms with Gasteiger partial charge in [-0.05, 0) is 26.3 Å². The lowest BCUT2D eigenvalue weighted by Gasteiger charge is -2.24. The molecule has 1 saturated carbocycles. The third-order valence-electron chi connectivity index (χ3n) is 4.60. The highest BCUT2D eigenvalue weighted by molar-refractivity contribution is 6.33. The molecule has 1 saturated heterocycles. The van der Waals surface area contributed by atoms with Crippen molar-refractivity contribution in [2.24, 2.45) is 5.92 Å². The quantitative estimate of drug-likeness (QED) is 0.858. The number of ether oxygens (including phenoxy) is 2. The van der Waals surface area contributed by atoms with E-state index in [2.05, 4.69) is 14.5 Å². The van der Waals surface area contributed by atoms with Gasteiger partial charge in [-0.3, -0.25) is 0 Å². The first kappa shape index (κ1) is 14.4. The summed E-state index contributed by atoms with van der Waals surface area (Å²) in [6.07, 6.45) is 4.01. The minimum absolute atomic E-state index is 0.0616. The Balaban J connectivity index is 1.77. The maximum Gasteiger partial charge on any atom is 0.163 e. The van der Waals surface area contributed by atoms with E-state index in [-0.39, 0.29) is 30.8 Å². The van der Waals surface area contributed by atoms with Gasteiger partial charge in [0.15, 0.2) is 5.79 Å². The van der Waals surface area contributed by atoms with Gasteiger partial charge < -0.3 is 19.1 Å². The molecule has 1 aliphatic carbocycles. The Hall–Kier alpha value is -1.21. The molecule has 2 aromatic heterocycles. The Bertz CT molecular complexity index is 717. The van der Waals surface area contributed by atoms with Crippen LogP contribution in [0.1, 0.15) is 26.3 Å². The van der Waals surface area contributed by atoms with Gasteiger partial charge in [0.25, 0.3) is 0 Å². The molecule has 0 amide bonds.